The van der Waals surface area contributed by atoms with Crippen LogP contribution in [0.4, 0.5) is 0 Å². The van der Waals surface area contributed by atoms with Crippen molar-refractivity contribution in [3.05, 3.63) is 0 Å². The number of nitrogens with one attached hydrogen (secondary N) is 1. The van der Waals surface area contributed by atoms with Gasteiger partial charge in [0, 0.05) is 26.2 Å². The van der Waals surface area contributed by atoms with E-state index in [2.05, 4.69) is 24.2 Å². The molecule has 0 bridgehead atoms. The van der Waals surface area contributed by atoms with Crippen LogP contribution < -0.4 is 5.32 Å². The summed E-state index contributed by atoms with van der Waals surface area (Å²) in [6, 6.07) is 0.735. The standard InChI is InChI=1S/C16H32N2O/c1-13-6-7-16(17-2)15(9-13)11-18-8-4-5-14(10-18)12-19-3/h13-17H,4-12H2,1-3H3. The number of rotatable bonds is 5. The zero-order valence-electron chi connectivity index (χ0n) is 13.0. The minimum atomic E-state index is 0.735. The molecule has 112 valence electrons. The topological polar surface area (TPSA) is 24.5 Å². The Morgan fingerprint density at radius 2 is 2.11 bits per heavy atom. The molecule has 2 aliphatic rings. The molecule has 1 saturated carbocycles. The molecule has 4 atom stereocenters. The van der Waals surface area contributed by atoms with E-state index in [1.165, 1.54) is 51.7 Å². The molecule has 2 rings (SSSR count). The van der Waals surface area contributed by atoms with Crippen molar-refractivity contribution in [2.24, 2.45) is 17.8 Å². The zero-order valence-corrected chi connectivity index (χ0v) is 13.0. The summed E-state index contributed by atoms with van der Waals surface area (Å²) in [4.78, 5) is 2.69. The van der Waals surface area contributed by atoms with Crippen LogP contribution in [0.5, 0.6) is 0 Å². The number of nitrogens with zero attached hydrogens (tertiary/aromatic N) is 1. The molecule has 0 spiro atoms. The van der Waals surface area contributed by atoms with Gasteiger partial charge in [0.2, 0.25) is 0 Å². The van der Waals surface area contributed by atoms with Crippen LogP contribution in [0.3, 0.4) is 0 Å². The second-order valence-corrected chi connectivity index (χ2v) is 6.80. The van der Waals surface area contributed by atoms with E-state index >= 15 is 0 Å². The number of methoxy groups -OCH3 is 1. The molecule has 0 aromatic carbocycles. The van der Waals surface area contributed by atoms with Gasteiger partial charge in [-0.3, -0.25) is 0 Å². The summed E-state index contributed by atoms with van der Waals surface area (Å²) in [5.74, 6) is 2.51. The quantitative estimate of drug-likeness (QED) is 0.828. The van der Waals surface area contributed by atoms with Crippen molar-refractivity contribution in [3.8, 4) is 0 Å². The summed E-state index contributed by atoms with van der Waals surface area (Å²) in [7, 11) is 3.97. The van der Waals surface area contributed by atoms with Gasteiger partial charge >= 0.3 is 0 Å². The van der Waals surface area contributed by atoms with Crippen LogP contribution in [0.15, 0.2) is 0 Å². The van der Waals surface area contributed by atoms with Gasteiger partial charge in [-0.1, -0.05) is 6.92 Å². The SMILES string of the molecule is CNC1CCC(C)CC1CN1CCCC(COC)C1. The summed E-state index contributed by atoms with van der Waals surface area (Å²) in [6.07, 6.45) is 6.85. The highest BCUT2D eigenvalue weighted by Crippen LogP contribution is 2.30. The summed E-state index contributed by atoms with van der Waals surface area (Å²) >= 11 is 0. The van der Waals surface area contributed by atoms with Crippen LogP contribution in [-0.4, -0.2) is 51.3 Å². The highest BCUT2D eigenvalue weighted by Gasteiger charge is 2.30. The first-order chi connectivity index (χ1) is 9.22. The maximum Gasteiger partial charge on any atom is 0.0502 e. The molecule has 1 saturated heterocycles. The Labute approximate surface area is 119 Å². The Hall–Kier alpha value is -0.120. The molecule has 1 aliphatic heterocycles. The van der Waals surface area contributed by atoms with Gasteiger partial charge in [-0.25, -0.2) is 0 Å². The lowest BCUT2D eigenvalue weighted by molar-refractivity contribution is 0.0693. The van der Waals surface area contributed by atoms with Gasteiger partial charge in [0.1, 0.15) is 0 Å². The van der Waals surface area contributed by atoms with Crippen molar-refractivity contribution in [1.82, 2.24) is 10.2 Å². The smallest absolute Gasteiger partial charge is 0.0502 e. The van der Waals surface area contributed by atoms with Gasteiger partial charge in [0.15, 0.2) is 0 Å². The Morgan fingerprint density at radius 3 is 2.84 bits per heavy atom. The molecule has 0 amide bonds. The highest BCUT2D eigenvalue weighted by molar-refractivity contribution is 4.86. The maximum absolute atomic E-state index is 5.34. The minimum Gasteiger partial charge on any atom is -0.384 e. The number of hydrogen-bond acceptors (Lipinski definition) is 3. The first kappa shape index (κ1) is 15.3. The second kappa shape index (κ2) is 7.61. The summed E-state index contributed by atoms with van der Waals surface area (Å²) in [6.45, 7) is 7.18. The highest BCUT2D eigenvalue weighted by atomic mass is 16.5. The number of likely N-dealkylation sites (tertiary alicyclic amines) is 1. The van der Waals surface area contributed by atoms with Crippen LogP contribution in [0.1, 0.15) is 39.0 Å². The molecule has 3 nitrogen and oxygen atoms in total. The predicted octanol–water partition coefficient (Wildman–Crippen LogP) is 2.37. The molecule has 4 unspecified atom stereocenters. The van der Waals surface area contributed by atoms with Crippen molar-refractivity contribution in [2.75, 3.05) is 40.4 Å². The molecule has 19 heavy (non-hydrogen) atoms. The molecule has 1 N–H and O–H groups in total. The van der Waals surface area contributed by atoms with Crippen molar-refractivity contribution in [2.45, 2.75) is 45.1 Å². The van der Waals surface area contributed by atoms with Crippen LogP contribution in [0.2, 0.25) is 0 Å². The fourth-order valence-electron chi connectivity index (χ4n) is 4.10. The Morgan fingerprint density at radius 1 is 1.26 bits per heavy atom. The van der Waals surface area contributed by atoms with Crippen LogP contribution in [0.25, 0.3) is 0 Å². The fraction of sp³-hybridized carbons (Fsp3) is 1.00. The third-order valence-corrected chi connectivity index (χ3v) is 5.11. The monoisotopic (exact) mass is 268 g/mol. The molecule has 0 radical (unpaired) electrons. The van der Waals surface area contributed by atoms with Gasteiger partial charge < -0.3 is 15.0 Å². The molecular weight excluding hydrogens is 236 g/mol. The lowest BCUT2D eigenvalue weighted by Gasteiger charge is -2.40. The summed E-state index contributed by atoms with van der Waals surface area (Å²) < 4.78 is 5.34. The predicted molar refractivity (Wildman–Crippen MR) is 80.4 cm³/mol. The Bertz CT molecular complexity index is 257. The van der Waals surface area contributed by atoms with Gasteiger partial charge in [0.05, 0.1) is 6.61 Å². The first-order valence-electron chi connectivity index (χ1n) is 8.11. The van der Waals surface area contributed by atoms with E-state index in [9.17, 15) is 0 Å². The van der Waals surface area contributed by atoms with Gasteiger partial charge in [-0.05, 0) is 63.5 Å². The van der Waals surface area contributed by atoms with E-state index in [-0.39, 0.29) is 0 Å². The van der Waals surface area contributed by atoms with E-state index in [4.69, 9.17) is 4.74 Å². The molecule has 1 heterocycles. The molecule has 3 heteroatoms. The van der Waals surface area contributed by atoms with E-state index in [1.54, 1.807) is 0 Å². The number of ether oxygens (including phenoxy) is 1. The van der Waals surface area contributed by atoms with Crippen molar-refractivity contribution >= 4 is 0 Å². The second-order valence-electron chi connectivity index (χ2n) is 6.80. The normalized spacial score (nSPS) is 37.4. The largest absolute Gasteiger partial charge is 0.384 e. The average Bonchev–Trinajstić information content (AvgIpc) is 2.40. The molecular formula is C16H32N2O. The molecule has 0 aromatic rings. The average molecular weight is 268 g/mol. The van der Waals surface area contributed by atoms with Gasteiger partial charge in [-0.2, -0.15) is 0 Å². The summed E-state index contributed by atoms with van der Waals surface area (Å²) in [5, 5.41) is 3.55. The van der Waals surface area contributed by atoms with Crippen LogP contribution >= 0.6 is 0 Å². The number of hydrogen-bond donors (Lipinski definition) is 1. The van der Waals surface area contributed by atoms with Gasteiger partial charge in [0.25, 0.3) is 0 Å². The van der Waals surface area contributed by atoms with Crippen molar-refractivity contribution in [1.29, 1.82) is 0 Å². The van der Waals surface area contributed by atoms with Crippen molar-refractivity contribution < 1.29 is 4.74 Å². The first-order valence-corrected chi connectivity index (χ1v) is 8.11. The number of piperidine rings is 1. The maximum atomic E-state index is 5.34. The fourth-order valence-corrected chi connectivity index (χ4v) is 4.10. The molecule has 1 aliphatic carbocycles. The lowest BCUT2D eigenvalue weighted by Crippen LogP contribution is -2.47. The van der Waals surface area contributed by atoms with Crippen LogP contribution in [-0.2, 0) is 4.74 Å². The zero-order chi connectivity index (χ0) is 13.7. The Kier molecular flexibility index (Phi) is 6.11. The van der Waals surface area contributed by atoms with Crippen LogP contribution in [0, 0.1) is 17.8 Å². The minimum absolute atomic E-state index is 0.735. The Balaban J connectivity index is 1.84. The molecule has 2 fully saturated rings. The molecule has 0 aromatic heterocycles. The van der Waals surface area contributed by atoms with E-state index in [0.29, 0.717) is 0 Å². The third-order valence-electron chi connectivity index (χ3n) is 5.11. The van der Waals surface area contributed by atoms with Gasteiger partial charge in [-0.15, -0.1) is 0 Å². The van der Waals surface area contributed by atoms with E-state index in [1.807, 2.05) is 7.11 Å². The van der Waals surface area contributed by atoms with E-state index in [0.717, 1.165) is 30.4 Å². The van der Waals surface area contributed by atoms with Crippen molar-refractivity contribution in [3.63, 3.8) is 0 Å². The third kappa shape index (κ3) is 4.44. The summed E-state index contributed by atoms with van der Waals surface area (Å²) in [5.41, 5.74) is 0. The van der Waals surface area contributed by atoms with E-state index < -0.39 is 0 Å². The lowest BCUT2D eigenvalue weighted by atomic mass is 9.78.